The van der Waals surface area contributed by atoms with Crippen LogP contribution in [-0.4, -0.2) is 50.6 Å². The molecule has 1 N–H and O–H groups in total. The van der Waals surface area contributed by atoms with Crippen molar-refractivity contribution < 1.29 is 4.79 Å². The molecule has 0 saturated carbocycles. The molecule has 4 heterocycles. The van der Waals surface area contributed by atoms with Gasteiger partial charge in [-0.05, 0) is 28.4 Å². The van der Waals surface area contributed by atoms with E-state index in [1.54, 1.807) is 23.4 Å². The summed E-state index contributed by atoms with van der Waals surface area (Å²) in [5.74, 6) is 0.388. The molecule has 0 radical (unpaired) electrons. The maximum atomic E-state index is 13.1. The van der Waals surface area contributed by atoms with Crippen LogP contribution in [0.25, 0.3) is 5.82 Å². The molecule has 3 aromatic rings. The number of amides is 2. The molecule has 2 amide bonds. The van der Waals surface area contributed by atoms with Gasteiger partial charge in [0.1, 0.15) is 0 Å². The van der Waals surface area contributed by atoms with E-state index in [9.17, 15) is 4.79 Å². The maximum absolute atomic E-state index is 13.1. The van der Waals surface area contributed by atoms with E-state index < -0.39 is 0 Å². The summed E-state index contributed by atoms with van der Waals surface area (Å²) in [6, 6.07) is 1.53. The summed E-state index contributed by atoms with van der Waals surface area (Å²) in [7, 11) is 2.03. The summed E-state index contributed by atoms with van der Waals surface area (Å²) in [4.78, 5) is 26.8. The molecule has 0 unspecified atom stereocenters. The molecule has 11 heteroatoms. The monoisotopic (exact) mass is 476 g/mol. The molecule has 9 nitrogen and oxygen atoms in total. The van der Waals surface area contributed by atoms with E-state index in [1.165, 1.54) is 23.4 Å². The zero-order valence-corrected chi connectivity index (χ0v) is 18.1. The number of rotatable bonds is 3. The Kier molecular flexibility index (Phi) is 5.37. The number of nitrogens with zero attached hydrogens (tertiary/aromatic N) is 7. The SMILES string of the molecule is CC[C@@H]1CN(C(=O)Nc2cnc(-n3nccn3)c(Cl)c2)c2cncc(Br)c2N1C. The fourth-order valence-corrected chi connectivity index (χ4v) is 4.18. The molecular formula is C18H18BrClN8O. The Bertz CT molecular complexity index is 1040. The van der Waals surface area contributed by atoms with E-state index >= 15 is 0 Å². The first-order valence-corrected chi connectivity index (χ1v) is 10.1. The van der Waals surface area contributed by atoms with Crippen molar-refractivity contribution in [1.82, 2.24) is 25.0 Å². The van der Waals surface area contributed by atoms with E-state index in [0.717, 1.165) is 22.3 Å². The first-order valence-electron chi connectivity index (χ1n) is 8.96. The number of hydrogen-bond acceptors (Lipinski definition) is 6. The second kappa shape index (κ2) is 7.96. The third kappa shape index (κ3) is 3.65. The second-order valence-electron chi connectivity index (χ2n) is 6.55. The first kappa shape index (κ1) is 19.6. The van der Waals surface area contributed by atoms with Gasteiger partial charge < -0.3 is 10.2 Å². The Hall–Kier alpha value is -2.72. The zero-order chi connectivity index (χ0) is 20.5. The van der Waals surface area contributed by atoms with E-state index in [-0.39, 0.29) is 12.1 Å². The molecular weight excluding hydrogens is 460 g/mol. The zero-order valence-electron chi connectivity index (χ0n) is 15.8. The summed E-state index contributed by atoms with van der Waals surface area (Å²) in [5, 5.41) is 11.2. The highest BCUT2D eigenvalue weighted by Crippen LogP contribution is 2.40. The lowest BCUT2D eigenvalue weighted by Gasteiger charge is -2.41. The van der Waals surface area contributed by atoms with Gasteiger partial charge in [-0.25, -0.2) is 9.78 Å². The van der Waals surface area contributed by atoms with Gasteiger partial charge in [-0.15, -0.1) is 4.80 Å². The number of carbonyl (C=O) groups is 1. The number of likely N-dealkylation sites (N-methyl/N-ethyl adjacent to an activating group) is 1. The van der Waals surface area contributed by atoms with Crippen molar-refractivity contribution in [2.24, 2.45) is 0 Å². The van der Waals surface area contributed by atoms with E-state index in [4.69, 9.17) is 11.6 Å². The van der Waals surface area contributed by atoms with Gasteiger partial charge in [-0.1, -0.05) is 18.5 Å². The smallest absolute Gasteiger partial charge is 0.326 e. The van der Waals surface area contributed by atoms with Crippen molar-refractivity contribution in [2.75, 3.05) is 28.7 Å². The summed E-state index contributed by atoms with van der Waals surface area (Å²) in [6.45, 7) is 2.64. The van der Waals surface area contributed by atoms with Gasteiger partial charge in [0.15, 0.2) is 5.82 Å². The third-order valence-corrected chi connectivity index (χ3v) is 5.69. The summed E-state index contributed by atoms with van der Waals surface area (Å²) in [6.07, 6.45) is 8.92. The Balaban J connectivity index is 1.61. The van der Waals surface area contributed by atoms with Crippen LogP contribution in [0.5, 0.6) is 0 Å². The van der Waals surface area contributed by atoms with Crippen LogP contribution >= 0.6 is 27.5 Å². The van der Waals surface area contributed by atoms with Crippen LogP contribution in [0.1, 0.15) is 13.3 Å². The van der Waals surface area contributed by atoms with Crippen LogP contribution in [0, 0.1) is 0 Å². The lowest BCUT2D eigenvalue weighted by atomic mass is 10.1. The lowest BCUT2D eigenvalue weighted by Crippen LogP contribution is -2.50. The number of pyridine rings is 2. The minimum atomic E-state index is -0.277. The summed E-state index contributed by atoms with van der Waals surface area (Å²) in [5.41, 5.74) is 2.15. The fourth-order valence-electron chi connectivity index (χ4n) is 3.34. The van der Waals surface area contributed by atoms with E-state index in [2.05, 4.69) is 53.2 Å². The van der Waals surface area contributed by atoms with Gasteiger partial charge in [0, 0.05) is 25.8 Å². The second-order valence-corrected chi connectivity index (χ2v) is 7.81. The molecule has 1 aliphatic rings. The molecule has 4 rings (SSSR count). The topological polar surface area (TPSA) is 92.1 Å². The molecule has 0 bridgehead atoms. The van der Waals surface area contributed by atoms with E-state index in [1.807, 2.05) is 7.05 Å². The minimum absolute atomic E-state index is 0.182. The highest BCUT2D eigenvalue weighted by Gasteiger charge is 2.33. The summed E-state index contributed by atoms with van der Waals surface area (Å²) < 4.78 is 0.842. The van der Waals surface area contributed by atoms with E-state index in [0.29, 0.717) is 23.1 Å². The Labute approximate surface area is 180 Å². The largest absolute Gasteiger partial charge is 0.367 e. The summed E-state index contributed by atoms with van der Waals surface area (Å²) >= 11 is 9.86. The van der Waals surface area contributed by atoms with Gasteiger partial charge in [-0.3, -0.25) is 9.88 Å². The van der Waals surface area contributed by atoms with Crippen LogP contribution in [0.15, 0.2) is 41.5 Å². The number of aromatic nitrogens is 5. The number of urea groups is 1. The average molecular weight is 478 g/mol. The van der Waals surface area contributed by atoms with Gasteiger partial charge in [0.25, 0.3) is 0 Å². The molecule has 1 aliphatic heterocycles. The lowest BCUT2D eigenvalue weighted by molar-refractivity contribution is 0.256. The average Bonchev–Trinajstić information content (AvgIpc) is 3.23. The molecule has 0 spiro atoms. The fraction of sp³-hybridized carbons (Fsp3) is 0.278. The first-order chi connectivity index (χ1) is 14.0. The number of nitrogens with one attached hydrogen (secondary N) is 1. The van der Waals surface area contributed by atoms with Crippen LogP contribution in [0.2, 0.25) is 5.02 Å². The Morgan fingerprint density at radius 1 is 1.31 bits per heavy atom. The molecule has 150 valence electrons. The number of carbonyl (C=O) groups excluding carboxylic acids is 1. The number of halogens is 2. The van der Waals surface area contributed by atoms with Crippen molar-refractivity contribution in [3.63, 3.8) is 0 Å². The number of fused-ring (bicyclic) bond motifs is 1. The standard InChI is InChI=1S/C18H18BrClN8O/c1-3-12-10-27(15-9-21-8-13(19)16(15)26(12)2)18(29)25-11-6-14(20)17(22-7-11)28-23-4-5-24-28/h4-9,12H,3,10H2,1-2H3,(H,25,29)/t12-/m1/s1. The molecule has 1 atom stereocenters. The number of hydrogen-bond donors (Lipinski definition) is 1. The van der Waals surface area contributed by atoms with Crippen molar-refractivity contribution in [3.8, 4) is 5.82 Å². The molecule has 0 aromatic carbocycles. The van der Waals surface area contributed by atoms with Crippen molar-refractivity contribution in [3.05, 3.63) is 46.5 Å². The van der Waals surface area contributed by atoms with Crippen LogP contribution in [-0.2, 0) is 0 Å². The molecule has 29 heavy (non-hydrogen) atoms. The quantitative estimate of drug-likeness (QED) is 0.618. The molecule has 0 fully saturated rings. The number of anilines is 3. The Morgan fingerprint density at radius 2 is 2.07 bits per heavy atom. The third-order valence-electron chi connectivity index (χ3n) is 4.84. The normalized spacial score (nSPS) is 15.9. The predicted octanol–water partition coefficient (Wildman–Crippen LogP) is 3.74. The minimum Gasteiger partial charge on any atom is -0.367 e. The van der Waals surface area contributed by atoms with Crippen LogP contribution < -0.4 is 15.1 Å². The molecule has 0 aliphatic carbocycles. The van der Waals surface area contributed by atoms with Crippen LogP contribution in [0.3, 0.4) is 0 Å². The van der Waals surface area contributed by atoms with Gasteiger partial charge >= 0.3 is 6.03 Å². The van der Waals surface area contributed by atoms with Gasteiger partial charge in [-0.2, -0.15) is 10.2 Å². The molecule has 0 saturated heterocycles. The van der Waals surface area contributed by atoms with Gasteiger partial charge in [0.2, 0.25) is 0 Å². The highest BCUT2D eigenvalue weighted by atomic mass is 79.9. The van der Waals surface area contributed by atoms with Crippen molar-refractivity contribution in [2.45, 2.75) is 19.4 Å². The maximum Gasteiger partial charge on any atom is 0.326 e. The van der Waals surface area contributed by atoms with Crippen molar-refractivity contribution >= 4 is 50.6 Å². The van der Waals surface area contributed by atoms with Crippen molar-refractivity contribution in [1.29, 1.82) is 0 Å². The Morgan fingerprint density at radius 3 is 2.76 bits per heavy atom. The highest BCUT2D eigenvalue weighted by molar-refractivity contribution is 9.10. The molecule has 3 aromatic heterocycles. The van der Waals surface area contributed by atoms with Crippen LogP contribution in [0.4, 0.5) is 21.9 Å². The van der Waals surface area contributed by atoms with Gasteiger partial charge in [0.05, 0.1) is 51.3 Å². The predicted molar refractivity (Wildman–Crippen MR) is 115 cm³/mol.